The number of hydrogen-bond acceptors (Lipinski definition) is 5. The van der Waals surface area contributed by atoms with E-state index in [2.05, 4.69) is 17.1 Å². The largest absolute Gasteiger partial charge is 0.373 e. The van der Waals surface area contributed by atoms with Crippen LogP contribution in [0.5, 0.6) is 0 Å². The first kappa shape index (κ1) is 13.7. The first-order valence-electron chi connectivity index (χ1n) is 6.43. The van der Waals surface area contributed by atoms with Crippen molar-refractivity contribution in [1.29, 1.82) is 0 Å². The standard InChI is InChI=1S/C14H19N3O2/c1-3-7-11(18-2)13-16-14(19-17-13)12(15)10-8-5-4-6-9-10/h4-6,8-9,11-12H,3,7,15H2,1-2H3/t11?,12-/m0/s1. The molecule has 0 amide bonds. The fraction of sp³-hybridized carbons (Fsp3) is 0.429. The summed E-state index contributed by atoms with van der Waals surface area (Å²) in [7, 11) is 1.65. The Morgan fingerprint density at radius 1 is 1.32 bits per heavy atom. The highest BCUT2D eigenvalue weighted by atomic mass is 16.5. The Balaban J connectivity index is 2.16. The summed E-state index contributed by atoms with van der Waals surface area (Å²) >= 11 is 0. The van der Waals surface area contributed by atoms with Crippen LogP contribution in [0.15, 0.2) is 34.9 Å². The van der Waals surface area contributed by atoms with Crippen molar-refractivity contribution in [3.05, 3.63) is 47.6 Å². The zero-order valence-electron chi connectivity index (χ0n) is 11.2. The fourth-order valence-corrected chi connectivity index (χ4v) is 1.92. The Hall–Kier alpha value is -1.72. The molecule has 2 aromatic rings. The number of hydrogen-bond donors (Lipinski definition) is 1. The highest BCUT2D eigenvalue weighted by molar-refractivity contribution is 5.23. The molecule has 0 bridgehead atoms. The van der Waals surface area contributed by atoms with E-state index < -0.39 is 6.04 Å². The van der Waals surface area contributed by atoms with E-state index in [1.54, 1.807) is 7.11 Å². The molecule has 0 aliphatic heterocycles. The number of benzene rings is 1. The lowest BCUT2D eigenvalue weighted by Crippen LogP contribution is -2.12. The third-order valence-corrected chi connectivity index (χ3v) is 3.01. The Bertz CT molecular complexity index is 498. The molecule has 5 nitrogen and oxygen atoms in total. The van der Waals surface area contributed by atoms with Crippen LogP contribution < -0.4 is 5.73 Å². The topological polar surface area (TPSA) is 74.2 Å². The van der Waals surface area contributed by atoms with E-state index in [4.69, 9.17) is 15.0 Å². The van der Waals surface area contributed by atoms with Crippen molar-refractivity contribution in [2.24, 2.45) is 5.73 Å². The first-order chi connectivity index (χ1) is 9.26. The van der Waals surface area contributed by atoms with Crippen molar-refractivity contribution < 1.29 is 9.26 Å². The summed E-state index contributed by atoms with van der Waals surface area (Å²) < 4.78 is 10.6. The number of rotatable bonds is 6. The quantitative estimate of drug-likeness (QED) is 0.865. The molecule has 0 saturated heterocycles. The van der Waals surface area contributed by atoms with Crippen LogP contribution in [0.1, 0.15) is 49.2 Å². The van der Waals surface area contributed by atoms with Gasteiger partial charge < -0.3 is 15.0 Å². The average Bonchev–Trinajstić information content (AvgIpc) is 2.94. The molecule has 2 N–H and O–H groups in total. The second kappa shape index (κ2) is 6.45. The van der Waals surface area contributed by atoms with Gasteiger partial charge in [-0.1, -0.05) is 48.8 Å². The van der Waals surface area contributed by atoms with E-state index in [9.17, 15) is 0 Å². The van der Waals surface area contributed by atoms with Gasteiger partial charge in [0, 0.05) is 7.11 Å². The molecule has 0 fully saturated rings. The normalized spacial score (nSPS) is 14.3. The molecule has 2 rings (SSSR count). The summed E-state index contributed by atoms with van der Waals surface area (Å²) in [5, 5.41) is 3.96. The monoisotopic (exact) mass is 261 g/mol. The van der Waals surface area contributed by atoms with Crippen LogP contribution in [0, 0.1) is 0 Å². The van der Waals surface area contributed by atoms with E-state index in [1.807, 2.05) is 30.3 Å². The molecule has 1 aromatic heterocycles. The Kier molecular flexibility index (Phi) is 4.65. The molecule has 102 valence electrons. The molecule has 0 aliphatic carbocycles. The van der Waals surface area contributed by atoms with Crippen LogP contribution in [0.2, 0.25) is 0 Å². The molecule has 0 saturated carbocycles. The van der Waals surface area contributed by atoms with E-state index >= 15 is 0 Å². The molecule has 19 heavy (non-hydrogen) atoms. The third kappa shape index (κ3) is 3.19. The van der Waals surface area contributed by atoms with Crippen LogP contribution in [0.4, 0.5) is 0 Å². The summed E-state index contributed by atoms with van der Waals surface area (Å²) in [5.74, 6) is 0.977. The maximum Gasteiger partial charge on any atom is 0.248 e. The van der Waals surface area contributed by atoms with Crippen molar-refractivity contribution in [1.82, 2.24) is 10.1 Å². The first-order valence-corrected chi connectivity index (χ1v) is 6.43. The van der Waals surface area contributed by atoms with E-state index in [-0.39, 0.29) is 6.10 Å². The Morgan fingerprint density at radius 2 is 2.05 bits per heavy atom. The van der Waals surface area contributed by atoms with Gasteiger partial charge in [-0.05, 0) is 12.0 Å². The minimum absolute atomic E-state index is 0.134. The van der Waals surface area contributed by atoms with E-state index in [0.29, 0.717) is 11.7 Å². The number of methoxy groups -OCH3 is 1. The summed E-state index contributed by atoms with van der Waals surface area (Å²) in [5.41, 5.74) is 7.05. The van der Waals surface area contributed by atoms with Gasteiger partial charge in [0.25, 0.3) is 0 Å². The minimum Gasteiger partial charge on any atom is -0.373 e. The molecule has 1 unspecified atom stereocenters. The smallest absolute Gasteiger partial charge is 0.248 e. The van der Waals surface area contributed by atoms with Gasteiger partial charge in [-0.25, -0.2) is 0 Å². The van der Waals surface area contributed by atoms with Crippen molar-refractivity contribution in [3.8, 4) is 0 Å². The highest BCUT2D eigenvalue weighted by Crippen LogP contribution is 2.22. The lowest BCUT2D eigenvalue weighted by atomic mass is 10.1. The molecule has 0 spiro atoms. The van der Waals surface area contributed by atoms with Crippen LogP contribution >= 0.6 is 0 Å². The maximum absolute atomic E-state index is 6.11. The van der Waals surface area contributed by atoms with Gasteiger partial charge >= 0.3 is 0 Å². The van der Waals surface area contributed by atoms with Gasteiger partial charge in [-0.15, -0.1) is 0 Å². The average molecular weight is 261 g/mol. The predicted molar refractivity (Wildman–Crippen MR) is 71.4 cm³/mol. The van der Waals surface area contributed by atoms with Gasteiger partial charge in [0.2, 0.25) is 11.7 Å². The lowest BCUT2D eigenvalue weighted by Gasteiger charge is -2.09. The summed E-state index contributed by atoms with van der Waals surface area (Å²) in [6.07, 6.45) is 1.72. The summed E-state index contributed by atoms with van der Waals surface area (Å²) in [6, 6.07) is 9.28. The van der Waals surface area contributed by atoms with Gasteiger partial charge in [0.15, 0.2) is 0 Å². The van der Waals surface area contributed by atoms with Crippen molar-refractivity contribution in [3.63, 3.8) is 0 Å². The number of ether oxygens (including phenoxy) is 1. The van der Waals surface area contributed by atoms with Gasteiger partial charge in [-0.2, -0.15) is 4.98 Å². The molecule has 1 aromatic carbocycles. The Labute approximate surface area is 112 Å². The van der Waals surface area contributed by atoms with E-state index in [1.165, 1.54) is 0 Å². The van der Waals surface area contributed by atoms with Crippen molar-refractivity contribution in [2.75, 3.05) is 7.11 Å². The molecular weight excluding hydrogens is 242 g/mol. The van der Waals surface area contributed by atoms with Crippen molar-refractivity contribution in [2.45, 2.75) is 31.9 Å². The molecule has 5 heteroatoms. The molecule has 2 atom stereocenters. The number of nitrogens with zero attached hydrogens (tertiary/aromatic N) is 2. The van der Waals surface area contributed by atoms with Crippen molar-refractivity contribution >= 4 is 0 Å². The minimum atomic E-state index is -0.401. The summed E-state index contributed by atoms with van der Waals surface area (Å²) in [6.45, 7) is 2.09. The van der Waals surface area contributed by atoms with Crippen LogP contribution in [0.3, 0.4) is 0 Å². The second-order valence-electron chi connectivity index (χ2n) is 4.39. The number of aromatic nitrogens is 2. The second-order valence-corrected chi connectivity index (χ2v) is 4.39. The van der Waals surface area contributed by atoms with Crippen LogP contribution in [-0.4, -0.2) is 17.3 Å². The lowest BCUT2D eigenvalue weighted by molar-refractivity contribution is 0.0854. The molecule has 0 radical (unpaired) electrons. The Morgan fingerprint density at radius 3 is 2.68 bits per heavy atom. The maximum atomic E-state index is 6.11. The highest BCUT2D eigenvalue weighted by Gasteiger charge is 2.21. The third-order valence-electron chi connectivity index (χ3n) is 3.01. The predicted octanol–water partition coefficient (Wildman–Crippen LogP) is 2.61. The zero-order valence-corrected chi connectivity index (χ0v) is 11.2. The molecule has 0 aliphatic rings. The van der Waals surface area contributed by atoms with Gasteiger partial charge in [0.05, 0.1) is 0 Å². The van der Waals surface area contributed by atoms with Crippen LogP contribution in [-0.2, 0) is 4.74 Å². The summed E-state index contributed by atoms with van der Waals surface area (Å²) in [4.78, 5) is 4.35. The number of nitrogens with two attached hydrogens (primary N) is 1. The molecule has 1 heterocycles. The van der Waals surface area contributed by atoms with Gasteiger partial charge in [-0.3, -0.25) is 0 Å². The van der Waals surface area contributed by atoms with Gasteiger partial charge in [0.1, 0.15) is 12.1 Å². The van der Waals surface area contributed by atoms with E-state index in [0.717, 1.165) is 18.4 Å². The fourth-order valence-electron chi connectivity index (χ4n) is 1.92. The molecular formula is C14H19N3O2. The zero-order chi connectivity index (χ0) is 13.7. The van der Waals surface area contributed by atoms with Crippen LogP contribution in [0.25, 0.3) is 0 Å². The SMILES string of the molecule is CCCC(OC)c1noc([C@@H](N)c2ccccc2)n1.